The van der Waals surface area contributed by atoms with Gasteiger partial charge in [-0.2, -0.15) is 0 Å². The Labute approximate surface area is 90.6 Å². The summed E-state index contributed by atoms with van der Waals surface area (Å²) in [6, 6.07) is 0.0876. The van der Waals surface area contributed by atoms with Gasteiger partial charge in [0.1, 0.15) is 0 Å². The molecule has 0 aromatic carbocycles. The van der Waals surface area contributed by atoms with E-state index in [0.717, 1.165) is 45.8 Å². The Balaban J connectivity index is 1.68. The first-order chi connectivity index (χ1) is 7.29. The highest BCUT2D eigenvalue weighted by molar-refractivity contribution is 5.76. The Morgan fingerprint density at radius 1 is 1.40 bits per heavy atom. The minimum absolute atomic E-state index is 0.0876. The van der Waals surface area contributed by atoms with Crippen molar-refractivity contribution in [2.24, 2.45) is 11.7 Å². The molecule has 2 amide bonds. The third-order valence-corrected chi connectivity index (χ3v) is 3.33. The fourth-order valence-electron chi connectivity index (χ4n) is 2.29. The fourth-order valence-corrected chi connectivity index (χ4v) is 2.29. The van der Waals surface area contributed by atoms with Gasteiger partial charge in [-0.05, 0) is 25.4 Å². The minimum atomic E-state index is 0.0876. The summed E-state index contributed by atoms with van der Waals surface area (Å²) >= 11 is 0. The van der Waals surface area contributed by atoms with Crippen molar-refractivity contribution in [1.82, 2.24) is 15.1 Å². The van der Waals surface area contributed by atoms with Gasteiger partial charge in [-0.1, -0.05) is 0 Å². The molecule has 15 heavy (non-hydrogen) atoms. The van der Waals surface area contributed by atoms with Gasteiger partial charge in [0.25, 0.3) is 0 Å². The van der Waals surface area contributed by atoms with E-state index in [9.17, 15) is 4.79 Å². The maximum atomic E-state index is 11.3. The third kappa shape index (κ3) is 2.60. The zero-order valence-electron chi connectivity index (χ0n) is 9.11. The highest BCUT2D eigenvalue weighted by atomic mass is 16.2. The third-order valence-electron chi connectivity index (χ3n) is 3.33. The largest absolute Gasteiger partial charge is 0.336 e. The number of hydrogen-bond donors (Lipinski definition) is 2. The van der Waals surface area contributed by atoms with Crippen molar-refractivity contribution in [3.63, 3.8) is 0 Å². The molecule has 5 heteroatoms. The summed E-state index contributed by atoms with van der Waals surface area (Å²) < 4.78 is 0. The molecule has 2 aliphatic rings. The summed E-state index contributed by atoms with van der Waals surface area (Å²) in [4.78, 5) is 15.6. The van der Waals surface area contributed by atoms with Gasteiger partial charge in [-0.3, -0.25) is 0 Å². The topological polar surface area (TPSA) is 61.6 Å². The number of nitrogens with one attached hydrogen (secondary N) is 1. The number of nitrogens with two attached hydrogens (primary N) is 1. The zero-order chi connectivity index (χ0) is 10.7. The normalized spacial score (nSPS) is 27.4. The van der Waals surface area contributed by atoms with E-state index in [2.05, 4.69) is 10.2 Å². The van der Waals surface area contributed by atoms with E-state index in [1.54, 1.807) is 0 Å². The summed E-state index contributed by atoms with van der Waals surface area (Å²) in [5.41, 5.74) is 5.64. The first-order valence-corrected chi connectivity index (χ1v) is 5.75. The van der Waals surface area contributed by atoms with Crippen LogP contribution in [0, 0.1) is 5.92 Å². The van der Waals surface area contributed by atoms with Gasteiger partial charge < -0.3 is 20.9 Å². The van der Waals surface area contributed by atoms with Gasteiger partial charge in [0.2, 0.25) is 0 Å². The first kappa shape index (κ1) is 10.7. The predicted molar refractivity (Wildman–Crippen MR) is 58.6 cm³/mol. The molecule has 0 radical (unpaired) electrons. The molecule has 0 spiro atoms. The molecule has 2 heterocycles. The van der Waals surface area contributed by atoms with Crippen molar-refractivity contribution in [3.8, 4) is 0 Å². The average molecular weight is 212 g/mol. The standard InChI is InChI=1S/C10H20N4O/c11-7-9-1-3-13(8-9)5-6-14-4-2-12-10(14)15/h9H,1-8,11H2,(H,12,15). The number of likely N-dealkylation sites (tertiary alicyclic amines) is 1. The predicted octanol–water partition coefficient (Wildman–Crippen LogP) is -0.708. The van der Waals surface area contributed by atoms with E-state index in [4.69, 9.17) is 5.73 Å². The van der Waals surface area contributed by atoms with Crippen LogP contribution in [0.15, 0.2) is 0 Å². The summed E-state index contributed by atoms with van der Waals surface area (Å²) in [5, 5.41) is 2.81. The Hall–Kier alpha value is -0.810. The summed E-state index contributed by atoms with van der Waals surface area (Å²) in [7, 11) is 0. The van der Waals surface area contributed by atoms with Crippen molar-refractivity contribution in [3.05, 3.63) is 0 Å². The quantitative estimate of drug-likeness (QED) is 0.647. The molecule has 0 bridgehead atoms. The van der Waals surface area contributed by atoms with Crippen molar-refractivity contribution in [1.29, 1.82) is 0 Å². The molecule has 1 atom stereocenters. The molecule has 5 nitrogen and oxygen atoms in total. The SMILES string of the molecule is NCC1CCN(CCN2CCNC2=O)C1. The summed E-state index contributed by atoms with van der Waals surface area (Å²) in [5.74, 6) is 0.664. The van der Waals surface area contributed by atoms with Gasteiger partial charge in [0.15, 0.2) is 0 Å². The van der Waals surface area contributed by atoms with Crippen LogP contribution in [0.5, 0.6) is 0 Å². The van der Waals surface area contributed by atoms with Gasteiger partial charge in [0.05, 0.1) is 0 Å². The van der Waals surface area contributed by atoms with E-state index in [1.165, 1.54) is 6.42 Å². The van der Waals surface area contributed by atoms with Crippen molar-refractivity contribution in [2.75, 3.05) is 45.8 Å². The molecule has 3 N–H and O–H groups in total. The second kappa shape index (κ2) is 4.81. The number of carbonyl (C=O) groups is 1. The van der Waals surface area contributed by atoms with E-state index >= 15 is 0 Å². The molecule has 0 saturated carbocycles. The Morgan fingerprint density at radius 2 is 2.27 bits per heavy atom. The van der Waals surface area contributed by atoms with Crippen molar-refractivity contribution >= 4 is 6.03 Å². The smallest absolute Gasteiger partial charge is 0.317 e. The van der Waals surface area contributed by atoms with Crippen LogP contribution in [-0.4, -0.2) is 61.6 Å². The van der Waals surface area contributed by atoms with Gasteiger partial charge in [-0.25, -0.2) is 4.79 Å². The lowest BCUT2D eigenvalue weighted by atomic mass is 10.1. The van der Waals surface area contributed by atoms with Crippen LogP contribution >= 0.6 is 0 Å². The fraction of sp³-hybridized carbons (Fsp3) is 0.900. The van der Waals surface area contributed by atoms with Gasteiger partial charge >= 0.3 is 6.03 Å². The molecule has 2 rings (SSSR count). The number of urea groups is 1. The van der Waals surface area contributed by atoms with E-state index in [1.807, 2.05) is 4.90 Å². The van der Waals surface area contributed by atoms with Crippen LogP contribution < -0.4 is 11.1 Å². The Kier molecular flexibility index (Phi) is 3.43. The lowest BCUT2D eigenvalue weighted by molar-refractivity contribution is 0.207. The van der Waals surface area contributed by atoms with E-state index in [0.29, 0.717) is 5.92 Å². The first-order valence-electron chi connectivity index (χ1n) is 5.75. The zero-order valence-corrected chi connectivity index (χ0v) is 9.11. The van der Waals surface area contributed by atoms with Crippen LogP contribution in [-0.2, 0) is 0 Å². The molecule has 2 saturated heterocycles. The summed E-state index contributed by atoms with van der Waals surface area (Å²) in [6.45, 7) is 6.52. The van der Waals surface area contributed by atoms with Crippen LogP contribution in [0.3, 0.4) is 0 Å². The van der Waals surface area contributed by atoms with Crippen LogP contribution in [0.25, 0.3) is 0 Å². The molecule has 2 fully saturated rings. The lowest BCUT2D eigenvalue weighted by Gasteiger charge is -2.20. The van der Waals surface area contributed by atoms with Gasteiger partial charge in [-0.15, -0.1) is 0 Å². The van der Waals surface area contributed by atoms with Crippen molar-refractivity contribution < 1.29 is 4.79 Å². The van der Waals surface area contributed by atoms with E-state index < -0.39 is 0 Å². The summed E-state index contributed by atoms with van der Waals surface area (Å²) in [6.07, 6.45) is 1.21. The molecule has 86 valence electrons. The minimum Gasteiger partial charge on any atom is -0.336 e. The molecular weight excluding hydrogens is 192 g/mol. The maximum absolute atomic E-state index is 11.3. The number of carbonyl (C=O) groups excluding carboxylic acids is 1. The lowest BCUT2D eigenvalue weighted by Crippen LogP contribution is -2.36. The van der Waals surface area contributed by atoms with E-state index in [-0.39, 0.29) is 6.03 Å². The highest BCUT2D eigenvalue weighted by Gasteiger charge is 2.23. The number of amides is 2. The second-order valence-electron chi connectivity index (χ2n) is 4.41. The molecule has 1 unspecified atom stereocenters. The van der Waals surface area contributed by atoms with Crippen LogP contribution in [0.2, 0.25) is 0 Å². The number of hydrogen-bond acceptors (Lipinski definition) is 3. The van der Waals surface area contributed by atoms with Crippen LogP contribution in [0.1, 0.15) is 6.42 Å². The second-order valence-corrected chi connectivity index (χ2v) is 4.41. The maximum Gasteiger partial charge on any atom is 0.317 e. The van der Waals surface area contributed by atoms with Crippen LogP contribution in [0.4, 0.5) is 4.79 Å². The Morgan fingerprint density at radius 3 is 2.87 bits per heavy atom. The van der Waals surface area contributed by atoms with Gasteiger partial charge in [0, 0.05) is 32.7 Å². The van der Waals surface area contributed by atoms with Crippen molar-refractivity contribution in [2.45, 2.75) is 6.42 Å². The molecule has 0 aromatic rings. The molecule has 0 aliphatic carbocycles. The molecule has 2 aliphatic heterocycles. The highest BCUT2D eigenvalue weighted by Crippen LogP contribution is 2.14. The number of nitrogens with zero attached hydrogens (tertiary/aromatic N) is 2. The average Bonchev–Trinajstić information content (AvgIpc) is 2.84. The monoisotopic (exact) mass is 212 g/mol. The number of rotatable bonds is 4. The Bertz CT molecular complexity index is 233. The molecular formula is C10H20N4O. The molecule has 0 aromatic heterocycles.